The van der Waals surface area contributed by atoms with Crippen LogP contribution < -0.4 is 0 Å². The minimum Gasteiger partial charge on any atom is -0.481 e. The van der Waals surface area contributed by atoms with Crippen molar-refractivity contribution in [1.29, 1.82) is 0 Å². The Morgan fingerprint density at radius 1 is 1.61 bits per heavy atom. The van der Waals surface area contributed by atoms with Crippen molar-refractivity contribution in [3.63, 3.8) is 0 Å². The third-order valence-corrected chi connectivity index (χ3v) is 4.09. The van der Waals surface area contributed by atoms with E-state index >= 15 is 0 Å². The number of halogens is 1. The highest BCUT2D eigenvalue weighted by Gasteiger charge is 2.30. The van der Waals surface area contributed by atoms with Crippen molar-refractivity contribution >= 4 is 35.2 Å². The molecule has 1 aliphatic rings. The number of hydrogen-bond acceptors (Lipinski definition) is 3. The number of carboxylic acids is 1. The van der Waals surface area contributed by atoms with Gasteiger partial charge in [0.1, 0.15) is 5.69 Å². The molecule has 18 heavy (non-hydrogen) atoms. The first kappa shape index (κ1) is 13.3. The molecule has 1 unspecified atom stereocenters. The topological polar surface area (TPSA) is 73.4 Å². The molecule has 2 N–H and O–H groups in total. The summed E-state index contributed by atoms with van der Waals surface area (Å²) in [6.45, 7) is 0.568. The molecule has 0 saturated carbocycles. The molecule has 1 aromatic rings. The lowest BCUT2D eigenvalue weighted by molar-refractivity contribution is -0.138. The number of thioether (sulfide) groups is 1. The second kappa shape index (κ2) is 5.67. The maximum Gasteiger partial charge on any atom is 0.305 e. The SMILES string of the molecule is O=C(O)CC1CSCCN1C(=O)c1cc(Cl)c[nH]1. The van der Waals surface area contributed by atoms with E-state index in [4.69, 9.17) is 16.7 Å². The lowest BCUT2D eigenvalue weighted by Gasteiger charge is -2.34. The van der Waals surface area contributed by atoms with E-state index in [0.717, 1.165) is 5.75 Å². The first-order chi connectivity index (χ1) is 8.58. The molecule has 0 bridgehead atoms. The van der Waals surface area contributed by atoms with Crippen LogP contribution in [0.4, 0.5) is 0 Å². The van der Waals surface area contributed by atoms with Gasteiger partial charge in [0.15, 0.2) is 0 Å². The monoisotopic (exact) mass is 288 g/mol. The number of hydrogen-bond donors (Lipinski definition) is 2. The third kappa shape index (κ3) is 3.00. The van der Waals surface area contributed by atoms with Gasteiger partial charge in [-0.1, -0.05) is 11.6 Å². The molecule has 5 nitrogen and oxygen atoms in total. The molecular weight excluding hydrogens is 276 g/mol. The molecule has 1 aliphatic heterocycles. The number of carbonyl (C=O) groups is 2. The molecule has 0 spiro atoms. The fourth-order valence-corrected chi connectivity index (χ4v) is 3.16. The molecule has 7 heteroatoms. The summed E-state index contributed by atoms with van der Waals surface area (Å²) in [4.78, 5) is 27.5. The van der Waals surface area contributed by atoms with Crippen molar-refractivity contribution < 1.29 is 14.7 Å². The van der Waals surface area contributed by atoms with E-state index in [1.165, 1.54) is 0 Å². The number of nitrogens with one attached hydrogen (secondary N) is 1. The van der Waals surface area contributed by atoms with Crippen molar-refractivity contribution in [2.75, 3.05) is 18.1 Å². The third-order valence-electron chi connectivity index (χ3n) is 2.78. The summed E-state index contributed by atoms with van der Waals surface area (Å²) in [6.07, 6.45) is 1.52. The Bertz CT molecular complexity index is 463. The van der Waals surface area contributed by atoms with E-state index in [-0.39, 0.29) is 18.4 Å². The standard InChI is InChI=1S/C11H13ClN2O3S/c12-7-3-9(13-5-7)11(17)14-1-2-18-6-8(14)4-10(15)16/h3,5,8,13H,1-2,4,6H2,(H,15,16). The zero-order valence-corrected chi connectivity index (χ0v) is 11.1. The van der Waals surface area contributed by atoms with E-state index in [2.05, 4.69) is 4.98 Å². The van der Waals surface area contributed by atoms with Crippen molar-refractivity contribution in [3.05, 3.63) is 23.0 Å². The molecular formula is C11H13ClN2O3S. The van der Waals surface area contributed by atoms with Gasteiger partial charge in [0, 0.05) is 24.2 Å². The maximum absolute atomic E-state index is 12.2. The van der Waals surface area contributed by atoms with Gasteiger partial charge in [-0.15, -0.1) is 0 Å². The predicted molar refractivity (Wildman–Crippen MR) is 70.2 cm³/mol. The average molecular weight is 289 g/mol. The Hall–Kier alpha value is -1.14. The zero-order valence-electron chi connectivity index (χ0n) is 9.56. The van der Waals surface area contributed by atoms with Crippen molar-refractivity contribution in [2.24, 2.45) is 0 Å². The lowest BCUT2D eigenvalue weighted by atomic mass is 10.2. The number of carboxylic acid groups (broad SMARTS) is 1. The second-order valence-corrected chi connectivity index (χ2v) is 5.64. The highest BCUT2D eigenvalue weighted by molar-refractivity contribution is 7.99. The Labute approximate surface area is 113 Å². The summed E-state index contributed by atoms with van der Waals surface area (Å²) in [5.74, 6) is 0.418. The number of amides is 1. The highest BCUT2D eigenvalue weighted by Crippen LogP contribution is 2.22. The summed E-state index contributed by atoms with van der Waals surface area (Å²) in [5, 5.41) is 9.34. The van der Waals surface area contributed by atoms with Crippen LogP contribution in [0.1, 0.15) is 16.9 Å². The van der Waals surface area contributed by atoms with Crippen LogP contribution in [-0.4, -0.2) is 51.0 Å². The largest absolute Gasteiger partial charge is 0.481 e. The minimum atomic E-state index is -0.884. The van der Waals surface area contributed by atoms with Gasteiger partial charge >= 0.3 is 5.97 Å². The lowest BCUT2D eigenvalue weighted by Crippen LogP contribution is -2.47. The number of nitrogens with zero attached hydrogens (tertiary/aromatic N) is 1. The number of rotatable bonds is 3. The average Bonchev–Trinajstić information content (AvgIpc) is 2.75. The quantitative estimate of drug-likeness (QED) is 0.888. The molecule has 1 aromatic heterocycles. The number of aromatic nitrogens is 1. The molecule has 2 rings (SSSR count). The fourth-order valence-electron chi connectivity index (χ4n) is 1.94. The Kier molecular flexibility index (Phi) is 4.19. The second-order valence-electron chi connectivity index (χ2n) is 4.06. The molecule has 1 atom stereocenters. The molecule has 1 fully saturated rings. The maximum atomic E-state index is 12.2. The fraction of sp³-hybridized carbons (Fsp3) is 0.455. The van der Waals surface area contributed by atoms with Crippen molar-refractivity contribution in [1.82, 2.24) is 9.88 Å². The van der Waals surface area contributed by atoms with E-state index < -0.39 is 5.97 Å². The van der Waals surface area contributed by atoms with Crippen LogP contribution in [0.25, 0.3) is 0 Å². The highest BCUT2D eigenvalue weighted by atomic mass is 35.5. The van der Waals surface area contributed by atoms with Crippen LogP contribution in [0, 0.1) is 0 Å². The first-order valence-electron chi connectivity index (χ1n) is 5.52. The molecule has 98 valence electrons. The van der Waals surface area contributed by atoms with Gasteiger partial charge < -0.3 is 15.0 Å². The number of H-pyrrole nitrogens is 1. The van der Waals surface area contributed by atoms with E-state index in [1.54, 1.807) is 28.9 Å². The summed E-state index contributed by atoms with van der Waals surface area (Å²) in [7, 11) is 0. The van der Waals surface area contributed by atoms with E-state index in [0.29, 0.717) is 23.0 Å². The number of aromatic amines is 1. The van der Waals surface area contributed by atoms with Gasteiger partial charge in [-0.05, 0) is 6.07 Å². The zero-order chi connectivity index (χ0) is 13.1. The number of carbonyl (C=O) groups excluding carboxylic acids is 1. The summed E-state index contributed by atoms with van der Waals surface area (Å²) >= 11 is 7.44. The van der Waals surface area contributed by atoms with Gasteiger partial charge in [-0.2, -0.15) is 11.8 Å². The smallest absolute Gasteiger partial charge is 0.305 e. The van der Waals surface area contributed by atoms with Crippen LogP contribution in [-0.2, 0) is 4.79 Å². The van der Waals surface area contributed by atoms with Crippen LogP contribution in [0.2, 0.25) is 5.02 Å². The summed E-state index contributed by atoms with van der Waals surface area (Å²) < 4.78 is 0. The van der Waals surface area contributed by atoms with Gasteiger partial charge in [0.05, 0.1) is 17.5 Å². The van der Waals surface area contributed by atoms with Gasteiger partial charge in [0.2, 0.25) is 0 Å². The molecule has 2 heterocycles. The van der Waals surface area contributed by atoms with Crippen molar-refractivity contribution in [3.8, 4) is 0 Å². The minimum absolute atomic E-state index is 0.0207. The van der Waals surface area contributed by atoms with E-state index in [1.807, 2.05) is 0 Å². The predicted octanol–water partition coefficient (Wildman–Crippen LogP) is 1.70. The Balaban J connectivity index is 2.13. The number of aliphatic carboxylic acids is 1. The first-order valence-corrected chi connectivity index (χ1v) is 7.05. The normalized spacial score (nSPS) is 19.8. The van der Waals surface area contributed by atoms with E-state index in [9.17, 15) is 9.59 Å². The Morgan fingerprint density at radius 3 is 3.00 bits per heavy atom. The molecule has 0 aliphatic carbocycles. The van der Waals surface area contributed by atoms with Crippen LogP contribution in [0.5, 0.6) is 0 Å². The van der Waals surface area contributed by atoms with Gasteiger partial charge in [-0.3, -0.25) is 9.59 Å². The summed E-state index contributed by atoms with van der Waals surface area (Å²) in [5.41, 5.74) is 0.405. The Morgan fingerprint density at radius 2 is 2.39 bits per heavy atom. The van der Waals surface area contributed by atoms with Crippen LogP contribution in [0.15, 0.2) is 12.3 Å². The molecule has 0 radical (unpaired) electrons. The molecule has 1 saturated heterocycles. The van der Waals surface area contributed by atoms with Gasteiger partial charge in [0.25, 0.3) is 5.91 Å². The summed E-state index contributed by atoms with van der Waals surface area (Å²) in [6, 6.07) is 1.31. The molecule has 1 amide bonds. The van der Waals surface area contributed by atoms with Crippen molar-refractivity contribution in [2.45, 2.75) is 12.5 Å². The molecule has 0 aromatic carbocycles. The van der Waals surface area contributed by atoms with Gasteiger partial charge in [-0.25, -0.2) is 0 Å². The van der Waals surface area contributed by atoms with Crippen LogP contribution in [0.3, 0.4) is 0 Å². The van der Waals surface area contributed by atoms with Crippen LogP contribution >= 0.6 is 23.4 Å².